The number of nitriles is 1. The third kappa shape index (κ3) is 2.20. The Bertz CT molecular complexity index is 716. The number of hydrogen-bond acceptors (Lipinski definition) is 7. The van der Waals surface area contributed by atoms with Crippen molar-refractivity contribution in [3.05, 3.63) is 39.8 Å². The van der Waals surface area contributed by atoms with Gasteiger partial charge in [-0.1, -0.05) is 0 Å². The molecule has 0 saturated carbocycles. The molecular weight excluding hydrogens is 256 g/mol. The average molecular weight is 260 g/mol. The summed E-state index contributed by atoms with van der Waals surface area (Å²) in [7, 11) is 0. The van der Waals surface area contributed by atoms with E-state index in [0.29, 0.717) is 0 Å². The molecule has 0 amide bonds. The molecule has 0 saturated heterocycles. The first-order valence-electron chi connectivity index (χ1n) is 4.73. The van der Waals surface area contributed by atoms with Gasteiger partial charge in [-0.25, -0.2) is 9.78 Å². The first-order chi connectivity index (χ1) is 9.02. The Hall–Kier alpha value is -3.35. The molecule has 0 aliphatic rings. The van der Waals surface area contributed by atoms with E-state index in [1.54, 1.807) is 6.07 Å². The lowest BCUT2D eigenvalue weighted by atomic mass is 10.2. The second-order valence-electron chi connectivity index (χ2n) is 3.26. The monoisotopic (exact) mass is 260 g/mol. The molecular formula is C9H4N6O4. The highest BCUT2D eigenvalue weighted by molar-refractivity contribution is 5.84. The maximum atomic E-state index is 10.7. The molecule has 0 spiro atoms. The number of aromatic nitrogens is 4. The Labute approximate surface area is 104 Å². The van der Waals surface area contributed by atoms with Crippen molar-refractivity contribution >= 4 is 11.7 Å². The van der Waals surface area contributed by atoms with Crippen LogP contribution in [0.4, 0.5) is 5.69 Å². The van der Waals surface area contributed by atoms with E-state index in [4.69, 9.17) is 10.4 Å². The van der Waals surface area contributed by atoms with Crippen molar-refractivity contribution in [2.45, 2.75) is 0 Å². The highest BCUT2D eigenvalue weighted by atomic mass is 16.6. The predicted octanol–water partition coefficient (Wildman–Crippen LogP) is 0.140. The summed E-state index contributed by atoms with van der Waals surface area (Å²) >= 11 is 0. The molecule has 0 fully saturated rings. The Morgan fingerprint density at radius 3 is 2.79 bits per heavy atom. The molecule has 94 valence electrons. The second kappa shape index (κ2) is 4.49. The molecule has 0 atom stereocenters. The number of rotatable bonds is 3. The van der Waals surface area contributed by atoms with Gasteiger partial charge in [0.1, 0.15) is 17.8 Å². The van der Waals surface area contributed by atoms with E-state index >= 15 is 0 Å². The molecule has 19 heavy (non-hydrogen) atoms. The maximum absolute atomic E-state index is 10.7. The molecule has 0 aromatic carbocycles. The van der Waals surface area contributed by atoms with E-state index in [1.165, 1.54) is 0 Å². The summed E-state index contributed by atoms with van der Waals surface area (Å²) in [4.78, 5) is 25.0. The number of carboxylic acid groups (broad SMARTS) is 1. The molecule has 0 unspecified atom stereocenters. The van der Waals surface area contributed by atoms with Crippen molar-refractivity contribution in [2.75, 3.05) is 0 Å². The van der Waals surface area contributed by atoms with Crippen LogP contribution in [0.1, 0.15) is 16.1 Å². The first-order valence-corrected chi connectivity index (χ1v) is 4.73. The third-order valence-electron chi connectivity index (χ3n) is 2.08. The highest BCUT2D eigenvalue weighted by Crippen LogP contribution is 2.16. The van der Waals surface area contributed by atoms with E-state index in [-0.39, 0.29) is 22.8 Å². The zero-order valence-corrected chi connectivity index (χ0v) is 9.09. The fraction of sp³-hybridized carbons (Fsp3) is 0. The summed E-state index contributed by atoms with van der Waals surface area (Å²) in [5.41, 5.74) is -0.823. The highest BCUT2D eigenvalue weighted by Gasteiger charge is 2.16. The van der Waals surface area contributed by atoms with Crippen LogP contribution in [-0.4, -0.2) is 36.0 Å². The maximum Gasteiger partial charge on any atom is 0.358 e. The number of carboxylic acids is 1. The van der Waals surface area contributed by atoms with Gasteiger partial charge < -0.3 is 5.11 Å². The van der Waals surface area contributed by atoms with Crippen molar-refractivity contribution in [3.63, 3.8) is 0 Å². The van der Waals surface area contributed by atoms with Crippen LogP contribution in [0.3, 0.4) is 0 Å². The number of aromatic carboxylic acids is 1. The van der Waals surface area contributed by atoms with Crippen LogP contribution in [0.15, 0.2) is 18.5 Å². The van der Waals surface area contributed by atoms with Crippen molar-refractivity contribution in [1.29, 1.82) is 5.26 Å². The molecule has 2 rings (SSSR count). The molecule has 2 aromatic rings. The summed E-state index contributed by atoms with van der Waals surface area (Å²) in [6.45, 7) is 0. The van der Waals surface area contributed by atoms with Gasteiger partial charge in [0.15, 0.2) is 11.5 Å². The van der Waals surface area contributed by atoms with Crippen LogP contribution in [0.25, 0.3) is 5.82 Å². The van der Waals surface area contributed by atoms with E-state index in [2.05, 4.69) is 15.2 Å². The van der Waals surface area contributed by atoms with Gasteiger partial charge in [0.2, 0.25) is 0 Å². The summed E-state index contributed by atoms with van der Waals surface area (Å²) in [5, 5.41) is 35.4. The van der Waals surface area contributed by atoms with E-state index in [1.807, 2.05) is 0 Å². The van der Waals surface area contributed by atoms with Gasteiger partial charge in [-0.15, -0.1) is 9.90 Å². The van der Waals surface area contributed by atoms with Crippen molar-refractivity contribution in [3.8, 4) is 11.9 Å². The molecule has 0 radical (unpaired) electrons. The predicted molar refractivity (Wildman–Crippen MR) is 57.5 cm³/mol. The Kier molecular flexibility index (Phi) is 2.86. The number of hydrogen-bond donors (Lipinski definition) is 1. The van der Waals surface area contributed by atoms with E-state index < -0.39 is 10.9 Å². The molecule has 2 aromatic heterocycles. The zero-order chi connectivity index (χ0) is 14.0. The van der Waals surface area contributed by atoms with Gasteiger partial charge in [-0.2, -0.15) is 10.4 Å². The SMILES string of the molecule is N#Cc1cc([N+](=O)[O-])cnc1-n1ncc(C(=O)O)n1. The Morgan fingerprint density at radius 1 is 1.53 bits per heavy atom. The largest absolute Gasteiger partial charge is 0.476 e. The Morgan fingerprint density at radius 2 is 2.26 bits per heavy atom. The van der Waals surface area contributed by atoms with Crippen LogP contribution in [0.2, 0.25) is 0 Å². The van der Waals surface area contributed by atoms with E-state index in [0.717, 1.165) is 23.3 Å². The second-order valence-corrected chi connectivity index (χ2v) is 3.26. The number of carbonyl (C=O) groups is 1. The third-order valence-corrected chi connectivity index (χ3v) is 2.08. The minimum absolute atomic E-state index is 0.0828. The van der Waals surface area contributed by atoms with Gasteiger partial charge in [0.25, 0.3) is 5.69 Å². The summed E-state index contributed by atoms with van der Waals surface area (Å²) in [6, 6.07) is 2.72. The minimum Gasteiger partial charge on any atom is -0.476 e. The van der Waals surface area contributed by atoms with Gasteiger partial charge in [0.05, 0.1) is 11.1 Å². The molecule has 0 bridgehead atoms. The molecule has 2 heterocycles. The normalized spacial score (nSPS) is 9.84. The van der Waals surface area contributed by atoms with Crippen molar-refractivity contribution < 1.29 is 14.8 Å². The van der Waals surface area contributed by atoms with Crippen LogP contribution in [-0.2, 0) is 0 Å². The molecule has 10 nitrogen and oxygen atoms in total. The smallest absolute Gasteiger partial charge is 0.358 e. The van der Waals surface area contributed by atoms with Gasteiger partial charge in [-0.05, 0) is 0 Å². The standard InChI is InChI=1S/C9H4N6O4/c10-2-5-1-6(15(18)19)3-11-8(5)14-12-4-7(13-14)9(16)17/h1,3-4H,(H,16,17). The van der Waals surface area contributed by atoms with Crippen LogP contribution < -0.4 is 0 Å². The molecule has 0 aliphatic carbocycles. The quantitative estimate of drug-likeness (QED) is 0.605. The number of pyridine rings is 1. The lowest BCUT2D eigenvalue weighted by Crippen LogP contribution is -2.07. The average Bonchev–Trinajstić information content (AvgIpc) is 2.87. The minimum atomic E-state index is -1.29. The topological polar surface area (TPSA) is 148 Å². The lowest BCUT2D eigenvalue weighted by molar-refractivity contribution is -0.385. The lowest BCUT2D eigenvalue weighted by Gasteiger charge is -2.00. The molecule has 0 aliphatic heterocycles. The first kappa shape index (κ1) is 12.1. The Balaban J connectivity index is 2.53. The number of nitrogens with zero attached hydrogens (tertiary/aromatic N) is 6. The van der Waals surface area contributed by atoms with Crippen molar-refractivity contribution in [2.24, 2.45) is 0 Å². The van der Waals surface area contributed by atoms with Crippen molar-refractivity contribution in [1.82, 2.24) is 20.0 Å². The van der Waals surface area contributed by atoms with E-state index in [9.17, 15) is 14.9 Å². The molecule has 10 heteroatoms. The van der Waals surface area contributed by atoms with Gasteiger partial charge >= 0.3 is 5.97 Å². The van der Waals surface area contributed by atoms with Crippen LogP contribution in [0.5, 0.6) is 0 Å². The zero-order valence-electron chi connectivity index (χ0n) is 9.09. The van der Waals surface area contributed by atoms with Crippen LogP contribution >= 0.6 is 0 Å². The van der Waals surface area contributed by atoms with Gasteiger partial charge in [-0.3, -0.25) is 10.1 Å². The fourth-order valence-corrected chi connectivity index (χ4v) is 1.25. The fourth-order valence-electron chi connectivity index (χ4n) is 1.25. The van der Waals surface area contributed by atoms with Crippen LogP contribution in [0, 0.1) is 21.4 Å². The summed E-state index contributed by atoms with van der Waals surface area (Å²) < 4.78 is 0. The number of nitro groups is 1. The molecule has 1 N–H and O–H groups in total. The summed E-state index contributed by atoms with van der Waals surface area (Å²) in [5.74, 6) is -1.37. The summed E-state index contributed by atoms with van der Waals surface area (Å²) in [6.07, 6.45) is 1.91. The van der Waals surface area contributed by atoms with Gasteiger partial charge in [0, 0.05) is 6.07 Å².